The fourth-order valence-electron chi connectivity index (χ4n) is 4.58. The number of furan rings is 1. The normalized spacial score (nSPS) is 16.8. The van der Waals surface area contributed by atoms with Crippen LogP contribution in [0.1, 0.15) is 36.9 Å². The first-order chi connectivity index (χ1) is 16.1. The Kier molecular flexibility index (Phi) is 6.70. The third-order valence-electron chi connectivity index (χ3n) is 6.21. The molecule has 0 spiro atoms. The van der Waals surface area contributed by atoms with E-state index in [0.29, 0.717) is 37.6 Å². The van der Waals surface area contributed by atoms with Gasteiger partial charge in [-0.3, -0.25) is 4.67 Å². The molecule has 0 amide bonds. The molecular formula is C26H31FN3O3P. The molecule has 1 aromatic heterocycles. The minimum Gasteiger partial charge on any atom is -0.478 e. The van der Waals surface area contributed by atoms with Gasteiger partial charge in [-0.05, 0) is 43.3 Å². The molecule has 180 valence electrons. The average molecular weight is 484 g/mol. The first kappa shape index (κ1) is 24.2. The van der Waals surface area contributed by atoms with Gasteiger partial charge in [0.15, 0.2) is 5.50 Å². The van der Waals surface area contributed by atoms with Gasteiger partial charge in [0.25, 0.3) is 0 Å². The number of piperazine rings is 1. The van der Waals surface area contributed by atoms with Crippen LogP contribution in [0.5, 0.6) is 0 Å². The number of para-hydroxylation sites is 1. The standard InChI is InChI=1S/C26H31FN3O3P/c1-19-13-14-24(33-19)34(26(2,3)4,28-22-11-7-5-9-20(22)25(31)32)30-17-15-29(16-18-30)23-12-8-6-10-21(23)27/h5-14H,15-18H2,1-4H3,(H,31,32)/t34-/m1/s1. The van der Waals surface area contributed by atoms with Crippen LogP contribution in [0.25, 0.3) is 0 Å². The van der Waals surface area contributed by atoms with Gasteiger partial charge in [0, 0.05) is 31.3 Å². The van der Waals surface area contributed by atoms with Crippen molar-refractivity contribution in [1.82, 2.24) is 4.67 Å². The van der Waals surface area contributed by atoms with Gasteiger partial charge in [-0.25, -0.2) is 13.9 Å². The molecule has 1 aliphatic rings. The highest BCUT2D eigenvalue weighted by molar-refractivity contribution is 7.72. The number of halogens is 1. The highest BCUT2D eigenvalue weighted by Crippen LogP contribution is 2.64. The van der Waals surface area contributed by atoms with E-state index in [1.54, 1.807) is 30.3 Å². The average Bonchev–Trinajstić information content (AvgIpc) is 3.23. The highest BCUT2D eigenvalue weighted by Gasteiger charge is 2.45. The zero-order chi connectivity index (χ0) is 24.5. The van der Waals surface area contributed by atoms with Crippen LogP contribution >= 0.6 is 7.21 Å². The van der Waals surface area contributed by atoms with Crippen molar-refractivity contribution in [2.45, 2.75) is 32.9 Å². The number of anilines is 1. The first-order valence-electron chi connectivity index (χ1n) is 11.4. The quantitative estimate of drug-likeness (QED) is 0.443. The molecule has 1 aliphatic heterocycles. The zero-order valence-electron chi connectivity index (χ0n) is 20.0. The molecule has 4 rings (SSSR count). The minimum absolute atomic E-state index is 0.171. The van der Waals surface area contributed by atoms with Gasteiger partial charge >= 0.3 is 5.97 Å². The lowest BCUT2D eigenvalue weighted by atomic mass is 10.2. The number of aryl methyl sites for hydroxylation is 1. The molecule has 0 aliphatic carbocycles. The van der Waals surface area contributed by atoms with Crippen molar-refractivity contribution >= 4 is 30.1 Å². The van der Waals surface area contributed by atoms with Gasteiger partial charge in [0.2, 0.25) is 0 Å². The SMILES string of the molecule is Cc1ccc([P@@](=Nc2ccccc2C(=O)O)(N2CCN(c3ccccc3F)CC2)C(C)(C)C)o1. The fraction of sp³-hybridized carbons (Fsp3) is 0.346. The summed E-state index contributed by atoms with van der Waals surface area (Å²) in [6, 6.07) is 17.6. The molecule has 0 radical (unpaired) electrons. The summed E-state index contributed by atoms with van der Waals surface area (Å²) < 4.78 is 28.3. The lowest BCUT2D eigenvalue weighted by Gasteiger charge is -2.47. The van der Waals surface area contributed by atoms with Crippen LogP contribution in [-0.2, 0) is 0 Å². The summed E-state index contributed by atoms with van der Waals surface area (Å²) in [6.07, 6.45) is 0. The number of benzene rings is 2. The van der Waals surface area contributed by atoms with Crippen molar-refractivity contribution in [3.8, 4) is 0 Å². The second kappa shape index (κ2) is 9.40. The van der Waals surface area contributed by atoms with E-state index in [4.69, 9.17) is 9.16 Å². The van der Waals surface area contributed by atoms with E-state index in [1.807, 2.05) is 31.2 Å². The topological polar surface area (TPSA) is 69.3 Å². The number of carboxylic acids is 1. The molecule has 1 saturated heterocycles. The van der Waals surface area contributed by atoms with Gasteiger partial charge in [0.05, 0.1) is 16.9 Å². The second-order valence-electron chi connectivity index (χ2n) is 9.47. The molecule has 0 saturated carbocycles. The van der Waals surface area contributed by atoms with Crippen LogP contribution in [0.3, 0.4) is 0 Å². The maximum absolute atomic E-state index is 14.4. The van der Waals surface area contributed by atoms with Crippen LogP contribution < -0.4 is 10.4 Å². The number of hydrogen-bond donors (Lipinski definition) is 1. The predicted molar refractivity (Wildman–Crippen MR) is 135 cm³/mol. The maximum atomic E-state index is 14.4. The Morgan fingerprint density at radius 1 is 1.00 bits per heavy atom. The first-order valence-corrected chi connectivity index (χ1v) is 13.1. The monoisotopic (exact) mass is 483 g/mol. The van der Waals surface area contributed by atoms with Crippen molar-refractivity contribution in [2.75, 3.05) is 31.1 Å². The summed E-state index contributed by atoms with van der Waals surface area (Å²) in [6.45, 7) is 10.9. The van der Waals surface area contributed by atoms with E-state index in [0.717, 1.165) is 11.3 Å². The lowest BCUT2D eigenvalue weighted by molar-refractivity contribution is 0.0698. The van der Waals surface area contributed by atoms with E-state index in [1.165, 1.54) is 6.07 Å². The lowest BCUT2D eigenvalue weighted by Crippen LogP contribution is -2.49. The van der Waals surface area contributed by atoms with Gasteiger partial charge in [0.1, 0.15) is 18.8 Å². The molecule has 6 nitrogen and oxygen atoms in total. The van der Waals surface area contributed by atoms with Gasteiger partial charge in [-0.1, -0.05) is 45.0 Å². The molecule has 34 heavy (non-hydrogen) atoms. The van der Waals surface area contributed by atoms with Crippen molar-refractivity contribution < 1.29 is 18.7 Å². The van der Waals surface area contributed by atoms with Crippen molar-refractivity contribution in [3.63, 3.8) is 0 Å². The van der Waals surface area contributed by atoms with E-state index in [9.17, 15) is 14.3 Å². The van der Waals surface area contributed by atoms with Gasteiger partial charge < -0.3 is 14.4 Å². The summed E-state index contributed by atoms with van der Waals surface area (Å²) in [5.74, 6) is -0.448. The van der Waals surface area contributed by atoms with E-state index < -0.39 is 13.2 Å². The molecule has 3 aromatic rings. The Balaban J connectivity index is 1.84. The Labute approximate surface area is 200 Å². The predicted octanol–water partition coefficient (Wildman–Crippen LogP) is 6.12. The number of hydrogen-bond acceptors (Lipinski definition) is 4. The molecule has 1 fully saturated rings. The van der Waals surface area contributed by atoms with Crippen molar-refractivity contribution in [1.29, 1.82) is 0 Å². The Hall–Kier alpha value is -2.89. The number of carbonyl (C=O) groups is 1. The summed E-state index contributed by atoms with van der Waals surface area (Å²) >= 11 is 0. The third-order valence-corrected chi connectivity index (χ3v) is 10.7. The van der Waals surface area contributed by atoms with E-state index >= 15 is 0 Å². The highest BCUT2D eigenvalue weighted by atomic mass is 31.2. The molecule has 0 bridgehead atoms. The molecule has 2 heterocycles. The number of aromatic carboxylic acids is 1. The van der Waals surface area contributed by atoms with Crippen LogP contribution in [0.4, 0.5) is 15.8 Å². The Bertz CT molecular complexity index is 1240. The molecule has 8 heteroatoms. The van der Waals surface area contributed by atoms with E-state index in [2.05, 4.69) is 30.3 Å². The van der Waals surface area contributed by atoms with Crippen molar-refractivity contribution in [2.24, 2.45) is 4.74 Å². The van der Waals surface area contributed by atoms with Crippen molar-refractivity contribution in [3.05, 3.63) is 77.8 Å². The summed E-state index contributed by atoms with van der Waals surface area (Å²) in [5, 5.41) is 9.47. The molecule has 1 atom stereocenters. The second-order valence-corrected chi connectivity index (χ2v) is 13.2. The molecule has 2 aromatic carbocycles. The van der Waals surface area contributed by atoms with Crippen LogP contribution in [-0.4, -0.2) is 47.1 Å². The zero-order valence-corrected chi connectivity index (χ0v) is 20.9. The van der Waals surface area contributed by atoms with Crippen LogP contribution in [0.2, 0.25) is 0 Å². The van der Waals surface area contributed by atoms with Crippen LogP contribution in [0, 0.1) is 12.7 Å². The number of nitrogens with zero attached hydrogens (tertiary/aromatic N) is 3. The number of carboxylic acid groups (broad SMARTS) is 1. The molecule has 0 unspecified atom stereocenters. The smallest absolute Gasteiger partial charge is 0.337 e. The molecule has 1 N–H and O–H groups in total. The summed E-state index contributed by atoms with van der Waals surface area (Å²) in [4.78, 5) is 14.0. The van der Waals surface area contributed by atoms with E-state index in [-0.39, 0.29) is 16.5 Å². The Morgan fingerprint density at radius 3 is 2.24 bits per heavy atom. The largest absolute Gasteiger partial charge is 0.478 e. The fourth-order valence-corrected chi connectivity index (χ4v) is 8.69. The summed E-state index contributed by atoms with van der Waals surface area (Å²) in [5.41, 5.74) is 1.99. The van der Waals surface area contributed by atoms with Gasteiger partial charge in [-0.2, -0.15) is 0 Å². The number of rotatable bonds is 5. The van der Waals surface area contributed by atoms with Gasteiger partial charge in [-0.15, -0.1) is 0 Å². The summed E-state index contributed by atoms with van der Waals surface area (Å²) in [7, 11) is -2.60. The minimum atomic E-state index is -2.60. The Morgan fingerprint density at radius 2 is 1.65 bits per heavy atom. The third kappa shape index (κ3) is 4.42. The van der Waals surface area contributed by atoms with Crippen LogP contribution in [0.15, 0.2) is 69.8 Å². The molecular weight excluding hydrogens is 452 g/mol. The maximum Gasteiger partial charge on any atom is 0.337 e.